The molecule has 29 heavy (non-hydrogen) atoms. The van der Waals surface area contributed by atoms with Gasteiger partial charge in [0.15, 0.2) is 0 Å². The van der Waals surface area contributed by atoms with Gasteiger partial charge in [-0.3, -0.25) is 4.79 Å². The molecular formula is C21H24N4O4. The van der Waals surface area contributed by atoms with E-state index in [0.29, 0.717) is 43.1 Å². The summed E-state index contributed by atoms with van der Waals surface area (Å²) in [5.74, 6) is -0.535. The Hall–Kier alpha value is -3.55. The lowest BCUT2D eigenvalue weighted by atomic mass is 10.1. The SMILES string of the molecule is COC(=O)c1cccc(N2CCN(C(=O)Nc3cccc(NC(C)=O)c3)CC2)c1. The highest BCUT2D eigenvalue weighted by atomic mass is 16.5. The van der Waals surface area contributed by atoms with E-state index in [0.717, 1.165) is 5.69 Å². The molecule has 0 unspecified atom stereocenters. The van der Waals surface area contributed by atoms with Crippen LogP contribution in [0, 0.1) is 0 Å². The molecule has 8 heteroatoms. The summed E-state index contributed by atoms with van der Waals surface area (Å²) in [5, 5.41) is 5.56. The molecule has 0 saturated carbocycles. The predicted molar refractivity (Wildman–Crippen MR) is 111 cm³/mol. The van der Waals surface area contributed by atoms with Gasteiger partial charge in [0.25, 0.3) is 0 Å². The molecule has 1 aliphatic rings. The molecule has 0 aliphatic carbocycles. The Balaban J connectivity index is 1.57. The lowest BCUT2D eigenvalue weighted by molar-refractivity contribution is -0.114. The molecule has 2 N–H and O–H groups in total. The fourth-order valence-electron chi connectivity index (χ4n) is 3.20. The minimum Gasteiger partial charge on any atom is -0.465 e. The number of ether oxygens (including phenoxy) is 1. The first-order chi connectivity index (χ1) is 14.0. The van der Waals surface area contributed by atoms with Crippen LogP contribution in [0.2, 0.25) is 0 Å². The number of rotatable bonds is 4. The van der Waals surface area contributed by atoms with Crippen molar-refractivity contribution in [2.45, 2.75) is 6.92 Å². The maximum atomic E-state index is 12.6. The first-order valence-electron chi connectivity index (χ1n) is 9.33. The summed E-state index contributed by atoms with van der Waals surface area (Å²) in [5.41, 5.74) is 2.68. The summed E-state index contributed by atoms with van der Waals surface area (Å²) in [6.07, 6.45) is 0. The molecule has 2 aromatic carbocycles. The van der Waals surface area contributed by atoms with Crippen LogP contribution in [0.5, 0.6) is 0 Å². The van der Waals surface area contributed by atoms with Crippen LogP contribution >= 0.6 is 0 Å². The molecule has 152 valence electrons. The number of nitrogens with one attached hydrogen (secondary N) is 2. The minimum atomic E-state index is -0.369. The van der Waals surface area contributed by atoms with E-state index in [1.807, 2.05) is 12.1 Å². The molecule has 0 bridgehead atoms. The van der Waals surface area contributed by atoms with Crippen molar-refractivity contribution in [2.24, 2.45) is 0 Å². The van der Waals surface area contributed by atoms with Gasteiger partial charge in [-0.05, 0) is 36.4 Å². The maximum Gasteiger partial charge on any atom is 0.337 e. The van der Waals surface area contributed by atoms with Gasteiger partial charge in [0.1, 0.15) is 0 Å². The van der Waals surface area contributed by atoms with E-state index in [1.165, 1.54) is 14.0 Å². The molecule has 3 rings (SSSR count). The van der Waals surface area contributed by atoms with Crippen molar-refractivity contribution in [3.63, 3.8) is 0 Å². The van der Waals surface area contributed by atoms with Crippen molar-refractivity contribution < 1.29 is 19.1 Å². The Morgan fingerprint density at radius 1 is 0.897 bits per heavy atom. The van der Waals surface area contributed by atoms with Crippen LogP contribution in [-0.2, 0) is 9.53 Å². The third kappa shape index (κ3) is 5.25. The number of esters is 1. The van der Waals surface area contributed by atoms with Crippen molar-refractivity contribution in [3.05, 3.63) is 54.1 Å². The zero-order chi connectivity index (χ0) is 20.8. The van der Waals surface area contributed by atoms with Gasteiger partial charge in [-0.25, -0.2) is 9.59 Å². The summed E-state index contributed by atoms with van der Waals surface area (Å²) in [7, 11) is 1.36. The third-order valence-corrected chi connectivity index (χ3v) is 4.63. The smallest absolute Gasteiger partial charge is 0.337 e. The highest BCUT2D eigenvalue weighted by Crippen LogP contribution is 2.20. The van der Waals surface area contributed by atoms with E-state index < -0.39 is 0 Å². The molecule has 1 aliphatic heterocycles. The number of amides is 3. The van der Waals surface area contributed by atoms with E-state index >= 15 is 0 Å². The largest absolute Gasteiger partial charge is 0.465 e. The number of hydrogen-bond acceptors (Lipinski definition) is 5. The molecule has 8 nitrogen and oxygen atoms in total. The summed E-state index contributed by atoms with van der Waals surface area (Å²) >= 11 is 0. The Labute approximate surface area is 169 Å². The number of urea groups is 1. The normalized spacial score (nSPS) is 13.6. The topological polar surface area (TPSA) is 91.0 Å². The Bertz CT molecular complexity index is 907. The quantitative estimate of drug-likeness (QED) is 0.776. The van der Waals surface area contributed by atoms with Crippen molar-refractivity contribution in [1.29, 1.82) is 0 Å². The van der Waals surface area contributed by atoms with Crippen molar-refractivity contribution in [1.82, 2.24) is 4.90 Å². The number of carbonyl (C=O) groups is 3. The minimum absolute atomic E-state index is 0.166. The molecule has 3 amide bonds. The fourth-order valence-corrected chi connectivity index (χ4v) is 3.20. The first-order valence-corrected chi connectivity index (χ1v) is 9.33. The van der Waals surface area contributed by atoms with Crippen LogP contribution in [0.4, 0.5) is 21.9 Å². The van der Waals surface area contributed by atoms with Gasteiger partial charge >= 0.3 is 12.0 Å². The van der Waals surface area contributed by atoms with Crippen LogP contribution < -0.4 is 15.5 Å². The zero-order valence-corrected chi connectivity index (χ0v) is 16.5. The molecule has 1 saturated heterocycles. The number of hydrogen-bond donors (Lipinski definition) is 2. The van der Waals surface area contributed by atoms with Gasteiger partial charge in [-0.15, -0.1) is 0 Å². The molecule has 1 fully saturated rings. The molecule has 0 atom stereocenters. The predicted octanol–water partition coefficient (Wildman–Crippen LogP) is 2.79. The van der Waals surface area contributed by atoms with Crippen LogP contribution in [0.25, 0.3) is 0 Å². The molecule has 2 aromatic rings. The summed E-state index contributed by atoms with van der Waals surface area (Å²) in [6.45, 7) is 3.86. The van der Waals surface area contributed by atoms with Gasteiger partial charge < -0.3 is 25.2 Å². The lowest BCUT2D eigenvalue weighted by Gasteiger charge is -2.36. The number of nitrogens with zero attached hydrogens (tertiary/aromatic N) is 2. The molecule has 1 heterocycles. The molecule has 0 spiro atoms. The Morgan fingerprint density at radius 2 is 1.55 bits per heavy atom. The van der Waals surface area contributed by atoms with Gasteiger partial charge in [0.05, 0.1) is 12.7 Å². The summed E-state index contributed by atoms with van der Waals surface area (Å²) in [6, 6.07) is 14.1. The number of anilines is 3. The number of benzene rings is 2. The maximum absolute atomic E-state index is 12.6. The molecule has 0 radical (unpaired) electrons. The average Bonchev–Trinajstić information content (AvgIpc) is 2.73. The second-order valence-corrected chi connectivity index (χ2v) is 6.71. The first kappa shape index (κ1) is 20.2. The van der Waals surface area contributed by atoms with Crippen molar-refractivity contribution >= 4 is 35.0 Å². The van der Waals surface area contributed by atoms with Gasteiger partial charge in [0.2, 0.25) is 5.91 Å². The Kier molecular flexibility index (Phi) is 6.33. The van der Waals surface area contributed by atoms with Crippen LogP contribution in [-0.4, -0.2) is 56.1 Å². The highest BCUT2D eigenvalue weighted by Gasteiger charge is 2.22. The summed E-state index contributed by atoms with van der Waals surface area (Å²) in [4.78, 5) is 39.4. The van der Waals surface area contributed by atoms with E-state index in [-0.39, 0.29) is 17.9 Å². The second-order valence-electron chi connectivity index (χ2n) is 6.71. The second kappa shape index (κ2) is 9.09. The van der Waals surface area contributed by atoms with Crippen molar-refractivity contribution in [2.75, 3.05) is 48.8 Å². The third-order valence-electron chi connectivity index (χ3n) is 4.63. The van der Waals surface area contributed by atoms with Gasteiger partial charge in [0, 0.05) is 50.2 Å². The van der Waals surface area contributed by atoms with Crippen molar-refractivity contribution in [3.8, 4) is 0 Å². The number of methoxy groups -OCH3 is 1. The average molecular weight is 396 g/mol. The van der Waals surface area contributed by atoms with E-state index in [4.69, 9.17) is 4.74 Å². The van der Waals surface area contributed by atoms with E-state index in [1.54, 1.807) is 41.3 Å². The van der Waals surface area contributed by atoms with Crippen LogP contribution in [0.3, 0.4) is 0 Å². The number of carbonyl (C=O) groups excluding carboxylic acids is 3. The van der Waals surface area contributed by atoms with Crippen LogP contribution in [0.1, 0.15) is 17.3 Å². The molecule has 0 aromatic heterocycles. The monoisotopic (exact) mass is 396 g/mol. The van der Waals surface area contributed by atoms with E-state index in [2.05, 4.69) is 15.5 Å². The van der Waals surface area contributed by atoms with Crippen LogP contribution in [0.15, 0.2) is 48.5 Å². The highest BCUT2D eigenvalue weighted by molar-refractivity contribution is 5.93. The number of piperazine rings is 1. The summed E-state index contributed by atoms with van der Waals surface area (Å²) < 4.78 is 4.77. The Morgan fingerprint density at radius 3 is 2.21 bits per heavy atom. The standard InChI is InChI=1S/C21H24N4O4/c1-15(26)22-17-6-4-7-18(14-17)23-21(28)25-11-9-24(10-12-25)19-8-3-5-16(13-19)20(27)29-2/h3-8,13-14H,9-12H2,1-2H3,(H,22,26)(H,23,28). The molecular weight excluding hydrogens is 372 g/mol. The van der Waals surface area contributed by atoms with E-state index in [9.17, 15) is 14.4 Å². The van der Waals surface area contributed by atoms with Gasteiger partial charge in [-0.1, -0.05) is 12.1 Å². The zero-order valence-electron chi connectivity index (χ0n) is 16.5. The lowest BCUT2D eigenvalue weighted by Crippen LogP contribution is -2.50. The fraction of sp³-hybridized carbons (Fsp3) is 0.286. The van der Waals surface area contributed by atoms with Gasteiger partial charge in [-0.2, -0.15) is 0 Å².